The van der Waals surface area contributed by atoms with Crippen molar-refractivity contribution in [1.29, 1.82) is 0 Å². The minimum absolute atomic E-state index is 0.121. The number of nitrogens with zero attached hydrogens (tertiary/aromatic N) is 2. The fourth-order valence-electron chi connectivity index (χ4n) is 2.87. The number of benzene rings is 1. The van der Waals surface area contributed by atoms with E-state index < -0.39 is 28.9 Å². The van der Waals surface area contributed by atoms with Crippen molar-refractivity contribution >= 4 is 11.8 Å². The molecule has 3 rings (SSSR count). The standard InChI is InChI=1S/C18H16F3N3O2/c19-14-2-1-13(15(20)16(14)21)17(25)23-12-5-9-24(10-6-12)18(26)11-3-7-22-8-4-11/h1-4,7-8,12H,5-6,9-10H2,(H,23,25). The predicted octanol–water partition coefficient (Wildman–Crippen LogP) is 2.53. The number of rotatable bonds is 3. The van der Waals surface area contributed by atoms with Gasteiger partial charge in [-0.15, -0.1) is 0 Å². The summed E-state index contributed by atoms with van der Waals surface area (Å²) in [7, 11) is 0. The number of hydrogen-bond acceptors (Lipinski definition) is 3. The quantitative estimate of drug-likeness (QED) is 0.853. The number of pyridine rings is 1. The first-order chi connectivity index (χ1) is 12.5. The Bertz CT molecular complexity index is 822. The number of likely N-dealkylation sites (tertiary alicyclic amines) is 1. The third kappa shape index (κ3) is 3.68. The molecule has 5 nitrogen and oxygen atoms in total. The van der Waals surface area contributed by atoms with Crippen LogP contribution in [0.5, 0.6) is 0 Å². The van der Waals surface area contributed by atoms with Gasteiger partial charge in [0.25, 0.3) is 11.8 Å². The highest BCUT2D eigenvalue weighted by Crippen LogP contribution is 2.17. The van der Waals surface area contributed by atoms with E-state index in [0.29, 0.717) is 37.6 Å². The number of amides is 2. The predicted molar refractivity (Wildman–Crippen MR) is 86.9 cm³/mol. The molecule has 1 aliphatic rings. The summed E-state index contributed by atoms with van der Waals surface area (Å²) in [6.07, 6.45) is 4.04. The van der Waals surface area contributed by atoms with Crippen molar-refractivity contribution in [1.82, 2.24) is 15.2 Å². The van der Waals surface area contributed by atoms with Crippen LogP contribution in [0.15, 0.2) is 36.7 Å². The van der Waals surface area contributed by atoms with Gasteiger partial charge in [-0.25, -0.2) is 13.2 Å². The van der Waals surface area contributed by atoms with E-state index in [1.807, 2.05) is 0 Å². The van der Waals surface area contributed by atoms with Crippen molar-refractivity contribution in [3.8, 4) is 0 Å². The molecule has 2 amide bonds. The van der Waals surface area contributed by atoms with Crippen LogP contribution in [-0.4, -0.2) is 40.8 Å². The molecule has 0 aliphatic carbocycles. The number of carbonyl (C=O) groups is 2. The second kappa shape index (κ2) is 7.55. The molecule has 2 aromatic rings. The molecule has 136 valence electrons. The van der Waals surface area contributed by atoms with Gasteiger partial charge in [-0.05, 0) is 37.1 Å². The average molecular weight is 363 g/mol. The van der Waals surface area contributed by atoms with Crippen LogP contribution in [0.3, 0.4) is 0 Å². The van der Waals surface area contributed by atoms with Gasteiger partial charge in [-0.1, -0.05) is 0 Å². The highest BCUT2D eigenvalue weighted by molar-refractivity contribution is 5.95. The highest BCUT2D eigenvalue weighted by Gasteiger charge is 2.26. The number of piperidine rings is 1. The molecule has 0 radical (unpaired) electrons. The molecular formula is C18H16F3N3O2. The maximum absolute atomic E-state index is 13.7. The summed E-state index contributed by atoms with van der Waals surface area (Å²) in [6.45, 7) is 0.846. The normalized spacial score (nSPS) is 15.0. The monoisotopic (exact) mass is 363 g/mol. The second-order valence-electron chi connectivity index (χ2n) is 6.00. The molecule has 1 N–H and O–H groups in total. The molecule has 1 saturated heterocycles. The van der Waals surface area contributed by atoms with Crippen LogP contribution in [0.4, 0.5) is 13.2 Å². The maximum atomic E-state index is 13.7. The van der Waals surface area contributed by atoms with Crippen LogP contribution >= 0.6 is 0 Å². The lowest BCUT2D eigenvalue weighted by atomic mass is 10.0. The summed E-state index contributed by atoms with van der Waals surface area (Å²) >= 11 is 0. The van der Waals surface area contributed by atoms with Crippen LogP contribution in [0.25, 0.3) is 0 Å². The Morgan fingerprint density at radius 2 is 1.65 bits per heavy atom. The number of nitrogens with one attached hydrogen (secondary N) is 1. The van der Waals surface area contributed by atoms with E-state index in [4.69, 9.17) is 0 Å². The van der Waals surface area contributed by atoms with Crippen molar-refractivity contribution in [2.24, 2.45) is 0 Å². The van der Waals surface area contributed by atoms with Gasteiger partial charge in [0.15, 0.2) is 17.5 Å². The Balaban J connectivity index is 1.58. The van der Waals surface area contributed by atoms with Crippen LogP contribution in [-0.2, 0) is 0 Å². The van der Waals surface area contributed by atoms with Gasteiger partial charge in [-0.2, -0.15) is 0 Å². The van der Waals surface area contributed by atoms with E-state index in [9.17, 15) is 22.8 Å². The lowest BCUT2D eigenvalue weighted by molar-refractivity contribution is 0.0697. The Morgan fingerprint density at radius 3 is 2.31 bits per heavy atom. The van der Waals surface area contributed by atoms with Crippen LogP contribution in [0, 0.1) is 17.5 Å². The molecule has 2 heterocycles. The van der Waals surface area contributed by atoms with Crippen LogP contribution < -0.4 is 5.32 Å². The third-order valence-corrected chi connectivity index (χ3v) is 4.32. The van der Waals surface area contributed by atoms with Gasteiger partial charge in [0, 0.05) is 37.1 Å². The molecule has 0 bridgehead atoms. The fourth-order valence-corrected chi connectivity index (χ4v) is 2.87. The first-order valence-electron chi connectivity index (χ1n) is 8.11. The van der Waals surface area contributed by atoms with Crippen molar-refractivity contribution in [3.05, 3.63) is 65.2 Å². The first kappa shape index (κ1) is 17.9. The van der Waals surface area contributed by atoms with E-state index in [2.05, 4.69) is 10.3 Å². The summed E-state index contributed by atoms with van der Waals surface area (Å²) in [4.78, 5) is 30.0. The van der Waals surface area contributed by atoms with Gasteiger partial charge < -0.3 is 10.2 Å². The smallest absolute Gasteiger partial charge is 0.254 e. The molecule has 1 fully saturated rings. The van der Waals surface area contributed by atoms with E-state index in [1.165, 1.54) is 12.4 Å². The van der Waals surface area contributed by atoms with Crippen LogP contribution in [0.2, 0.25) is 0 Å². The summed E-state index contributed by atoms with van der Waals surface area (Å²) in [5.74, 6) is -5.45. The zero-order valence-corrected chi connectivity index (χ0v) is 13.7. The Labute approximate surface area is 147 Å². The Hall–Kier alpha value is -2.90. The SMILES string of the molecule is O=C(NC1CCN(C(=O)c2ccncc2)CC1)c1ccc(F)c(F)c1F. The second-order valence-corrected chi connectivity index (χ2v) is 6.00. The van der Waals surface area contributed by atoms with Gasteiger partial charge in [-0.3, -0.25) is 14.6 Å². The molecule has 1 aliphatic heterocycles. The molecule has 8 heteroatoms. The lowest BCUT2D eigenvalue weighted by Crippen LogP contribution is -2.46. The fraction of sp³-hybridized carbons (Fsp3) is 0.278. The molecule has 26 heavy (non-hydrogen) atoms. The Morgan fingerprint density at radius 1 is 1.00 bits per heavy atom. The van der Waals surface area contributed by atoms with Crippen molar-refractivity contribution < 1.29 is 22.8 Å². The number of hydrogen-bond donors (Lipinski definition) is 1. The summed E-state index contributed by atoms with van der Waals surface area (Å²) in [5.41, 5.74) is -0.00876. The zero-order chi connectivity index (χ0) is 18.7. The highest BCUT2D eigenvalue weighted by atomic mass is 19.2. The lowest BCUT2D eigenvalue weighted by Gasteiger charge is -2.32. The van der Waals surface area contributed by atoms with E-state index >= 15 is 0 Å². The molecule has 1 aromatic carbocycles. The maximum Gasteiger partial charge on any atom is 0.254 e. The minimum atomic E-state index is -1.67. The van der Waals surface area contributed by atoms with Gasteiger partial charge in [0.1, 0.15) is 0 Å². The molecule has 0 spiro atoms. The van der Waals surface area contributed by atoms with Gasteiger partial charge in [0.2, 0.25) is 0 Å². The molecule has 1 aromatic heterocycles. The van der Waals surface area contributed by atoms with Crippen LogP contribution in [0.1, 0.15) is 33.6 Å². The molecule has 0 atom stereocenters. The average Bonchev–Trinajstić information content (AvgIpc) is 2.67. The number of halogens is 3. The third-order valence-electron chi connectivity index (χ3n) is 4.32. The number of carbonyl (C=O) groups excluding carboxylic acids is 2. The van der Waals surface area contributed by atoms with E-state index in [0.717, 1.165) is 6.07 Å². The van der Waals surface area contributed by atoms with E-state index in [-0.39, 0.29) is 11.9 Å². The summed E-state index contributed by atoms with van der Waals surface area (Å²) < 4.78 is 39.9. The van der Waals surface area contributed by atoms with Crippen molar-refractivity contribution in [3.63, 3.8) is 0 Å². The van der Waals surface area contributed by atoms with Crippen molar-refractivity contribution in [2.75, 3.05) is 13.1 Å². The zero-order valence-electron chi connectivity index (χ0n) is 13.7. The summed E-state index contributed by atoms with van der Waals surface area (Å²) in [5, 5.41) is 2.61. The van der Waals surface area contributed by atoms with E-state index in [1.54, 1.807) is 17.0 Å². The molecule has 0 saturated carbocycles. The van der Waals surface area contributed by atoms with Gasteiger partial charge in [0.05, 0.1) is 5.56 Å². The first-order valence-corrected chi connectivity index (χ1v) is 8.11. The van der Waals surface area contributed by atoms with Gasteiger partial charge >= 0.3 is 0 Å². The largest absolute Gasteiger partial charge is 0.349 e. The molecule has 0 unspecified atom stereocenters. The number of aromatic nitrogens is 1. The topological polar surface area (TPSA) is 62.3 Å². The minimum Gasteiger partial charge on any atom is -0.349 e. The Kier molecular flexibility index (Phi) is 5.20. The molecular weight excluding hydrogens is 347 g/mol. The summed E-state index contributed by atoms with van der Waals surface area (Å²) in [6, 6.07) is 4.59. The van der Waals surface area contributed by atoms with Crippen molar-refractivity contribution in [2.45, 2.75) is 18.9 Å².